The van der Waals surface area contributed by atoms with Gasteiger partial charge in [-0.15, -0.1) is 0 Å². The molecule has 168 valence electrons. The van der Waals surface area contributed by atoms with Gasteiger partial charge in [-0.05, 0) is 65.1 Å². The van der Waals surface area contributed by atoms with Gasteiger partial charge in [-0.1, -0.05) is 67.9 Å². The standard InChI is InChI=1S/C24H24N4.C6H4/c1-2-7-22-20(10-6-14-27-22)23-19(12-11-17-8-4-3-5-9-17)18-13-15-26-16-21(18)24(25)28-23;1-2-6-4-3-5(1)6/h3-6,8-10,13-16H,2,7,11-12H2,1H3,(H2,25,28);1-4H. The second-order valence-corrected chi connectivity index (χ2v) is 8.56. The summed E-state index contributed by atoms with van der Waals surface area (Å²) in [7, 11) is 0. The lowest BCUT2D eigenvalue weighted by Gasteiger charge is -2.16. The number of anilines is 1. The number of hydrogen-bond donors (Lipinski definition) is 1. The van der Waals surface area contributed by atoms with Crippen LogP contribution in [0.3, 0.4) is 0 Å². The van der Waals surface area contributed by atoms with Crippen molar-refractivity contribution in [2.45, 2.75) is 32.6 Å². The van der Waals surface area contributed by atoms with E-state index in [0.717, 1.165) is 53.4 Å². The van der Waals surface area contributed by atoms with Crippen molar-refractivity contribution in [3.05, 3.63) is 108 Å². The van der Waals surface area contributed by atoms with Crippen molar-refractivity contribution in [1.82, 2.24) is 15.0 Å². The molecule has 0 saturated carbocycles. The second kappa shape index (κ2) is 9.84. The molecule has 3 heterocycles. The minimum absolute atomic E-state index is 0.521. The molecule has 6 rings (SSSR count). The summed E-state index contributed by atoms with van der Waals surface area (Å²) in [6.45, 7) is 2.17. The Hall–Kier alpha value is -4.05. The Balaban J connectivity index is 0.000000343. The number of aryl methyl sites for hydroxylation is 3. The first-order valence-electron chi connectivity index (χ1n) is 11.8. The molecule has 0 amide bonds. The largest absolute Gasteiger partial charge is 0.383 e. The van der Waals surface area contributed by atoms with E-state index >= 15 is 0 Å². The number of nitrogens with two attached hydrogens (primary N) is 1. The molecule has 4 heteroatoms. The maximum Gasteiger partial charge on any atom is 0.133 e. The summed E-state index contributed by atoms with van der Waals surface area (Å²) >= 11 is 0. The summed E-state index contributed by atoms with van der Waals surface area (Å²) in [6.07, 6.45) is 9.28. The van der Waals surface area contributed by atoms with Gasteiger partial charge in [0.2, 0.25) is 0 Å². The number of aromatic nitrogens is 3. The van der Waals surface area contributed by atoms with Crippen LogP contribution in [0, 0.1) is 0 Å². The summed E-state index contributed by atoms with van der Waals surface area (Å²) in [4.78, 5) is 13.7. The topological polar surface area (TPSA) is 64.7 Å². The highest BCUT2D eigenvalue weighted by Gasteiger charge is 2.17. The van der Waals surface area contributed by atoms with Crippen LogP contribution in [0.1, 0.15) is 30.2 Å². The van der Waals surface area contributed by atoms with Gasteiger partial charge < -0.3 is 5.73 Å². The Morgan fingerprint density at radius 2 is 1.50 bits per heavy atom. The van der Waals surface area contributed by atoms with Crippen LogP contribution in [0.15, 0.2) is 91.4 Å². The van der Waals surface area contributed by atoms with E-state index in [1.54, 1.807) is 0 Å². The highest BCUT2D eigenvalue weighted by molar-refractivity contribution is 5.96. The lowest BCUT2D eigenvalue weighted by atomic mass is 9.94. The van der Waals surface area contributed by atoms with Crippen LogP contribution in [-0.2, 0) is 19.3 Å². The summed E-state index contributed by atoms with van der Waals surface area (Å²) < 4.78 is 0. The molecule has 4 nitrogen and oxygen atoms in total. The van der Waals surface area contributed by atoms with Crippen LogP contribution in [0.5, 0.6) is 0 Å². The van der Waals surface area contributed by atoms with Crippen LogP contribution >= 0.6 is 0 Å². The molecule has 2 aliphatic rings. The molecule has 34 heavy (non-hydrogen) atoms. The maximum absolute atomic E-state index is 6.32. The van der Waals surface area contributed by atoms with Crippen molar-refractivity contribution >= 4 is 16.6 Å². The van der Waals surface area contributed by atoms with Gasteiger partial charge in [0.15, 0.2) is 0 Å². The number of nitrogens with zero attached hydrogens (tertiary/aromatic N) is 3. The van der Waals surface area contributed by atoms with Crippen molar-refractivity contribution in [2.24, 2.45) is 0 Å². The molecule has 3 aromatic heterocycles. The van der Waals surface area contributed by atoms with E-state index in [9.17, 15) is 0 Å². The van der Waals surface area contributed by atoms with Crippen LogP contribution in [0.25, 0.3) is 33.2 Å². The maximum atomic E-state index is 6.32. The number of rotatable bonds is 6. The molecule has 0 fully saturated rings. The Kier molecular flexibility index (Phi) is 6.30. The van der Waals surface area contributed by atoms with Crippen LogP contribution in [0.2, 0.25) is 0 Å². The van der Waals surface area contributed by atoms with Gasteiger partial charge in [0, 0.05) is 35.2 Å². The number of pyridine rings is 3. The van der Waals surface area contributed by atoms with Crippen LogP contribution in [-0.4, -0.2) is 15.0 Å². The minimum atomic E-state index is 0.521. The lowest BCUT2D eigenvalue weighted by molar-refractivity contribution is 0.882. The fourth-order valence-electron chi connectivity index (χ4n) is 4.38. The van der Waals surface area contributed by atoms with Crippen molar-refractivity contribution in [2.75, 3.05) is 5.73 Å². The average molecular weight is 445 g/mol. The molecule has 0 bridgehead atoms. The van der Waals surface area contributed by atoms with E-state index in [0.29, 0.717) is 5.82 Å². The van der Waals surface area contributed by atoms with E-state index in [1.807, 2.05) is 36.8 Å². The molecule has 0 spiro atoms. The number of nitrogen functional groups attached to an aromatic ring is 1. The lowest BCUT2D eigenvalue weighted by Crippen LogP contribution is -2.05. The average Bonchev–Trinajstić information content (AvgIpc) is 2.87. The van der Waals surface area contributed by atoms with Crippen LogP contribution in [0.4, 0.5) is 5.82 Å². The Morgan fingerprint density at radius 3 is 2.18 bits per heavy atom. The van der Waals surface area contributed by atoms with Crippen LogP contribution < -0.4 is 5.73 Å². The van der Waals surface area contributed by atoms with Gasteiger partial charge in [-0.2, -0.15) is 0 Å². The van der Waals surface area contributed by atoms with Gasteiger partial charge in [0.05, 0.1) is 5.69 Å². The molecule has 2 N–H and O–H groups in total. The first kappa shape index (κ1) is 21.8. The van der Waals surface area contributed by atoms with Crippen molar-refractivity contribution in [1.29, 1.82) is 0 Å². The van der Waals surface area contributed by atoms with Gasteiger partial charge in [0.1, 0.15) is 5.82 Å². The van der Waals surface area contributed by atoms with E-state index in [1.165, 1.54) is 22.3 Å². The van der Waals surface area contributed by atoms with E-state index in [4.69, 9.17) is 10.7 Å². The summed E-state index contributed by atoms with van der Waals surface area (Å²) in [5, 5.41) is 2.04. The summed E-state index contributed by atoms with van der Waals surface area (Å²) in [5.74, 6) is 0.521. The normalized spacial score (nSPS) is 11.1. The molecular formula is C30H28N4. The van der Waals surface area contributed by atoms with Gasteiger partial charge in [-0.3, -0.25) is 9.97 Å². The number of benzene rings is 2. The smallest absolute Gasteiger partial charge is 0.133 e. The molecule has 0 aliphatic heterocycles. The molecule has 4 aromatic rings. The third-order valence-electron chi connectivity index (χ3n) is 6.30. The Bertz CT molecular complexity index is 1390. The first-order valence-corrected chi connectivity index (χ1v) is 11.8. The number of fused-ring (bicyclic) bond motifs is 2. The second-order valence-electron chi connectivity index (χ2n) is 8.56. The predicted molar refractivity (Wildman–Crippen MR) is 140 cm³/mol. The zero-order chi connectivity index (χ0) is 23.3. The molecule has 2 aliphatic carbocycles. The van der Waals surface area contributed by atoms with Gasteiger partial charge in [-0.25, -0.2) is 4.98 Å². The monoisotopic (exact) mass is 444 g/mol. The van der Waals surface area contributed by atoms with E-state index in [2.05, 4.69) is 71.5 Å². The Labute approximate surface area is 200 Å². The zero-order valence-corrected chi connectivity index (χ0v) is 19.4. The van der Waals surface area contributed by atoms with Gasteiger partial charge in [0.25, 0.3) is 0 Å². The fraction of sp³-hybridized carbons (Fsp3) is 0.167. The number of hydrogen-bond acceptors (Lipinski definition) is 4. The molecule has 0 atom stereocenters. The zero-order valence-electron chi connectivity index (χ0n) is 19.4. The van der Waals surface area contributed by atoms with Gasteiger partial charge >= 0.3 is 0 Å². The van der Waals surface area contributed by atoms with Crippen molar-refractivity contribution in [3.8, 4) is 22.4 Å². The molecule has 1 aromatic carbocycles. The van der Waals surface area contributed by atoms with Crippen molar-refractivity contribution < 1.29 is 0 Å². The quantitative estimate of drug-likeness (QED) is 0.311. The van der Waals surface area contributed by atoms with E-state index in [-0.39, 0.29) is 0 Å². The van der Waals surface area contributed by atoms with E-state index < -0.39 is 0 Å². The molecule has 0 saturated heterocycles. The summed E-state index contributed by atoms with van der Waals surface area (Å²) in [6, 6.07) is 25.2. The predicted octanol–water partition coefficient (Wildman–Crippen LogP) is 6.68. The first-order chi connectivity index (χ1) is 16.7. The minimum Gasteiger partial charge on any atom is -0.383 e. The highest BCUT2D eigenvalue weighted by Crippen LogP contribution is 2.34. The summed E-state index contributed by atoms with van der Waals surface area (Å²) in [5.41, 5.74) is 14.8. The SMILES string of the molecule is CCCc1ncccc1-c1nc(N)c2cnccc2c1CCc1ccccc1.c1cc2ccc1-2. The third-order valence-corrected chi connectivity index (χ3v) is 6.30. The third kappa shape index (κ3) is 4.40. The highest BCUT2D eigenvalue weighted by atomic mass is 14.9. The van der Waals surface area contributed by atoms with Crippen molar-refractivity contribution in [3.63, 3.8) is 0 Å². The molecule has 0 unspecified atom stereocenters. The molecule has 0 radical (unpaired) electrons. The molecular weight excluding hydrogens is 416 g/mol. The Morgan fingerprint density at radius 1 is 0.735 bits per heavy atom. The fourth-order valence-corrected chi connectivity index (χ4v) is 4.38.